The number of carbonyl (C=O) groups is 1. The number of primary amides is 1. The first kappa shape index (κ1) is 16.2. The summed E-state index contributed by atoms with van der Waals surface area (Å²) in [6.07, 6.45) is 6.75. The number of nitrogens with two attached hydrogens (primary N) is 2. The van der Waals surface area contributed by atoms with E-state index in [9.17, 15) is 4.79 Å². The molecule has 0 bridgehead atoms. The molecule has 0 saturated carbocycles. The number of hydrogen-bond donors (Lipinski definition) is 2. The van der Waals surface area contributed by atoms with Gasteiger partial charge in [0.2, 0.25) is 12.2 Å². The standard InChI is InChI=1S/C15H19N5O.ClH/c1-18-6-7-19(10-18)13-8-14(15(17)21)20(9-13)12-4-2-11(16)3-5-12;/h2-7,10,13-14H,8-9,16H2,1H3,(H-,17,21);1H. The van der Waals surface area contributed by atoms with Crippen LogP contribution in [0.15, 0.2) is 43.0 Å². The minimum atomic E-state index is -0.286. The van der Waals surface area contributed by atoms with Gasteiger partial charge in [-0.05, 0) is 24.3 Å². The smallest absolute Gasteiger partial charge is 0.243 e. The number of amides is 1. The van der Waals surface area contributed by atoms with Crippen molar-refractivity contribution in [3.05, 3.63) is 43.0 Å². The van der Waals surface area contributed by atoms with Gasteiger partial charge in [-0.2, -0.15) is 0 Å². The van der Waals surface area contributed by atoms with E-state index in [1.54, 1.807) is 0 Å². The molecule has 1 aromatic carbocycles. The van der Waals surface area contributed by atoms with E-state index < -0.39 is 0 Å². The summed E-state index contributed by atoms with van der Waals surface area (Å²) in [6.45, 7) is 0.756. The zero-order chi connectivity index (χ0) is 15.0. The fourth-order valence-corrected chi connectivity index (χ4v) is 2.94. The highest BCUT2D eigenvalue weighted by atomic mass is 35.5. The van der Waals surface area contributed by atoms with Crippen LogP contribution in [-0.4, -0.2) is 23.1 Å². The van der Waals surface area contributed by atoms with E-state index >= 15 is 0 Å². The number of aryl methyl sites for hydroxylation is 1. The van der Waals surface area contributed by atoms with Gasteiger partial charge in [0.1, 0.15) is 24.5 Å². The molecule has 7 heteroatoms. The molecule has 2 heterocycles. The summed E-state index contributed by atoms with van der Waals surface area (Å²) in [6, 6.07) is 7.51. The van der Waals surface area contributed by atoms with Crippen LogP contribution in [0.2, 0.25) is 0 Å². The molecule has 0 spiro atoms. The van der Waals surface area contributed by atoms with Crippen LogP contribution in [-0.2, 0) is 11.8 Å². The van der Waals surface area contributed by atoms with Crippen LogP contribution in [0, 0.1) is 0 Å². The van der Waals surface area contributed by atoms with E-state index in [0.29, 0.717) is 12.1 Å². The average Bonchev–Trinajstić information content (AvgIpc) is 3.05. The lowest BCUT2D eigenvalue weighted by molar-refractivity contribution is -0.671. The van der Waals surface area contributed by atoms with Gasteiger partial charge in [0, 0.05) is 17.8 Å². The summed E-state index contributed by atoms with van der Waals surface area (Å²) in [4.78, 5) is 13.8. The fraction of sp³-hybridized carbons (Fsp3) is 0.333. The summed E-state index contributed by atoms with van der Waals surface area (Å²) < 4.78 is 4.12. The Morgan fingerprint density at radius 1 is 1.32 bits per heavy atom. The van der Waals surface area contributed by atoms with E-state index in [4.69, 9.17) is 11.5 Å². The topological polar surface area (TPSA) is 81.2 Å². The van der Waals surface area contributed by atoms with Crippen LogP contribution in [0.4, 0.5) is 11.4 Å². The molecular formula is C15H20ClN5O. The number of rotatable bonds is 3. The monoisotopic (exact) mass is 321 g/mol. The highest BCUT2D eigenvalue weighted by molar-refractivity contribution is 5.84. The Balaban J connectivity index is 0.00000176. The van der Waals surface area contributed by atoms with Gasteiger partial charge in [0.15, 0.2) is 0 Å². The zero-order valence-electron chi connectivity index (χ0n) is 12.4. The van der Waals surface area contributed by atoms with Crippen molar-refractivity contribution >= 4 is 17.3 Å². The molecule has 1 amide bonds. The second-order valence-electron chi connectivity index (χ2n) is 5.58. The van der Waals surface area contributed by atoms with Crippen LogP contribution in [0.3, 0.4) is 0 Å². The first-order chi connectivity index (χ1) is 10.0. The molecule has 6 nitrogen and oxygen atoms in total. The number of nitrogens with zero attached hydrogens (tertiary/aromatic N) is 3. The molecule has 3 rings (SSSR count). The second kappa shape index (κ2) is 6.27. The van der Waals surface area contributed by atoms with Gasteiger partial charge >= 0.3 is 0 Å². The van der Waals surface area contributed by atoms with Crippen molar-refractivity contribution < 1.29 is 21.8 Å². The highest BCUT2D eigenvalue weighted by Gasteiger charge is 2.38. The van der Waals surface area contributed by atoms with Crippen LogP contribution in [0.25, 0.3) is 0 Å². The zero-order valence-corrected chi connectivity index (χ0v) is 13.1. The predicted octanol–water partition coefficient (Wildman–Crippen LogP) is -2.80. The van der Waals surface area contributed by atoms with E-state index in [0.717, 1.165) is 12.2 Å². The third-order valence-corrected chi connectivity index (χ3v) is 4.04. The molecule has 1 aliphatic heterocycles. The number of benzene rings is 1. The molecule has 22 heavy (non-hydrogen) atoms. The Bertz CT molecular complexity index is 654. The molecule has 2 unspecified atom stereocenters. The quantitative estimate of drug-likeness (QED) is 0.473. The highest BCUT2D eigenvalue weighted by Crippen LogP contribution is 2.32. The molecule has 0 radical (unpaired) electrons. The van der Waals surface area contributed by atoms with Gasteiger partial charge in [-0.15, -0.1) is 0 Å². The number of carbonyl (C=O) groups excluding carboxylic acids is 1. The average molecular weight is 322 g/mol. The van der Waals surface area contributed by atoms with E-state index in [1.165, 1.54) is 0 Å². The summed E-state index contributed by atoms with van der Waals surface area (Å²) in [5.74, 6) is -0.286. The van der Waals surface area contributed by atoms with Crippen molar-refractivity contribution in [1.29, 1.82) is 0 Å². The van der Waals surface area contributed by atoms with Crippen molar-refractivity contribution in [2.45, 2.75) is 18.5 Å². The van der Waals surface area contributed by atoms with Crippen LogP contribution in [0.1, 0.15) is 12.5 Å². The second-order valence-corrected chi connectivity index (χ2v) is 5.58. The summed E-state index contributed by atoms with van der Waals surface area (Å²) in [5, 5.41) is 0. The maximum Gasteiger partial charge on any atom is 0.243 e. The van der Waals surface area contributed by atoms with Crippen LogP contribution >= 0.6 is 0 Å². The minimum Gasteiger partial charge on any atom is -1.00 e. The fourth-order valence-electron chi connectivity index (χ4n) is 2.94. The van der Waals surface area contributed by atoms with Gasteiger partial charge in [-0.25, -0.2) is 9.13 Å². The van der Waals surface area contributed by atoms with E-state index in [2.05, 4.69) is 9.47 Å². The van der Waals surface area contributed by atoms with Crippen molar-refractivity contribution in [3.63, 3.8) is 0 Å². The van der Waals surface area contributed by atoms with Gasteiger partial charge in [-0.1, -0.05) is 0 Å². The van der Waals surface area contributed by atoms with Gasteiger partial charge in [0.25, 0.3) is 0 Å². The molecule has 1 saturated heterocycles. The molecule has 2 atom stereocenters. The van der Waals surface area contributed by atoms with Gasteiger partial charge in [-0.3, -0.25) is 4.79 Å². The number of nitrogen functional groups attached to an aromatic ring is 1. The molecule has 0 aliphatic carbocycles. The first-order valence-corrected chi connectivity index (χ1v) is 6.99. The summed E-state index contributed by atoms with van der Waals surface area (Å²) in [5.41, 5.74) is 13.0. The normalized spacial score (nSPS) is 20.7. The lowest BCUT2D eigenvalue weighted by Gasteiger charge is -2.23. The number of anilines is 2. The van der Waals surface area contributed by atoms with Crippen molar-refractivity contribution in [2.24, 2.45) is 12.8 Å². The Hall–Kier alpha value is -2.21. The lowest BCUT2D eigenvalue weighted by atomic mass is 10.1. The number of imidazole rings is 1. The van der Waals surface area contributed by atoms with Crippen molar-refractivity contribution in [3.8, 4) is 0 Å². The maximum atomic E-state index is 11.8. The van der Waals surface area contributed by atoms with Gasteiger partial charge < -0.3 is 28.8 Å². The predicted molar refractivity (Wildman–Crippen MR) is 80.4 cm³/mol. The summed E-state index contributed by atoms with van der Waals surface area (Å²) in [7, 11) is 1.98. The molecule has 1 aliphatic rings. The third-order valence-electron chi connectivity index (χ3n) is 4.04. The minimum absolute atomic E-state index is 0. The lowest BCUT2D eigenvalue weighted by Crippen LogP contribution is -3.00. The Morgan fingerprint density at radius 2 is 2.00 bits per heavy atom. The van der Waals surface area contributed by atoms with Crippen molar-refractivity contribution in [2.75, 3.05) is 17.2 Å². The van der Waals surface area contributed by atoms with Crippen LogP contribution in [0.5, 0.6) is 0 Å². The molecule has 1 aromatic heterocycles. The third kappa shape index (κ3) is 3.01. The molecular weight excluding hydrogens is 302 g/mol. The maximum absolute atomic E-state index is 11.8. The van der Waals surface area contributed by atoms with E-state index in [1.807, 2.05) is 54.6 Å². The number of halogens is 1. The summed E-state index contributed by atoms with van der Waals surface area (Å²) >= 11 is 0. The molecule has 1 fully saturated rings. The molecule has 118 valence electrons. The number of hydrogen-bond acceptors (Lipinski definition) is 3. The Labute approximate surface area is 135 Å². The van der Waals surface area contributed by atoms with Crippen molar-refractivity contribution in [1.82, 2.24) is 4.57 Å². The van der Waals surface area contributed by atoms with E-state index in [-0.39, 0.29) is 30.4 Å². The van der Waals surface area contributed by atoms with Crippen LogP contribution < -0.4 is 33.3 Å². The Kier molecular flexibility index (Phi) is 4.61. The SMILES string of the molecule is C[n+]1ccn(C2CC(C(N)=O)N(c3ccc(N)cc3)C2)c1.[Cl-]. The molecule has 2 aromatic rings. The molecule has 4 N–H and O–H groups in total. The first-order valence-electron chi connectivity index (χ1n) is 6.99. The largest absolute Gasteiger partial charge is 1.00 e. The number of aromatic nitrogens is 2. The Morgan fingerprint density at radius 3 is 2.55 bits per heavy atom. The van der Waals surface area contributed by atoms with Gasteiger partial charge in [0.05, 0.1) is 13.6 Å².